The lowest BCUT2D eigenvalue weighted by atomic mass is 9.79. The first-order valence-corrected chi connectivity index (χ1v) is 11.7. The van der Waals surface area contributed by atoms with Crippen molar-refractivity contribution in [3.8, 4) is 11.1 Å². The van der Waals surface area contributed by atoms with Crippen molar-refractivity contribution in [3.05, 3.63) is 90.8 Å². The highest BCUT2D eigenvalue weighted by molar-refractivity contribution is 5.78. The second-order valence-electron chi connectivity index (χ2n) is 9.82. The van der Waals surface area contributed by atoms with Crippen LogP contribution in [0.15, 0.2) is 79.7 Å². The van der Waals surface area contributed by atoms with Crippen LogP contribution in [0.3, 0.4) is 0 Å². The maximum Gasteiger partial charge on any atom is 0.101 e. The normalized spacial score (nSPS) is 18.5. The lowest BCUT2D eigenvalue weighted by molar-refractivity contribution is 0.402. The van der Waals surface area contributed by atoms with Crippen LogP contribution in [0.4, 0.5) is 17.1 Å². The van der Waals surface area contributed by atoms with Crippen LogP contribution < -0.4 is 16.0 Å². The second kappa shape index (κ2) is 8.61. The van der Waals surface area contributed by atoms with E-state index in [0.29, 0.717) is 5.92 Å². The number of benzene rings is 1. The first-order valence-electron chi connectivity index (χ1n) is 11.7. The maximum atomic E-state index is 4.46. The Kier molecular flexibility index (Phi) is 5.62. The van der Waals surface area contributed by atoms with Crippen LogP contribution >= 0.6 is 0 Å². The molecule has 1 fully saturated rings. The Hall–Kier alpha value is -3.64. The average Bonchev–Trinajstić information content (AvgIpc) is 3.64. The number of nitrogens with zero attached hydrogens (tertiary/aromatic N) is 3. The molecule has 6 nitrogen and oxygen atoms in total. The highest BCUT2D eigenvalue weighted by atomic mass is 15.1. The molecule has 2 aromatic heterocycles. The summed E-state index contributed by atoms with van der Waals surface area (Å²) >= 11 is 0. The molecule has 1 aromatic carbocycles. The quantitative estimate of drug-likeness (QED) is 0.381. The molecule has 3 N–H and O–H groups in total. The average molecular weight is 453 g/mol. The Morgan fingerprint density at radius 1 is 1.00 bits per heavy atom. The highest BCUT2D eigenvalue weighted by Gasteiger charge is 2.41. The molecule has 1 aliphatic heterocycles. The van der Waals surface area contributed by atoms with E-state index >= 15 is 0 Å². The number of hydrogen-bond acceptors (Lipinski definition) is 6. The number of pyridine rings is 2. The molecule has 0 amide bonds. The standard InChI is InChI=1S/C28H32N6/c1-18(21-6-7-21)31-25-11-23(14-30-16-25)22-8-9-27-26(12-22)28(3,33-27)19(2)32-24-10-20(13-29-15-24)17-34(4)5/h8-16,21,31-33H,1-2,6-7,17H2,3-5H3. The molecule has 0 saturated heterocycles. The van der Waals surface area contributed by atoms with E-state index in [1.807, 2.05) is 24.8 Å². The van der Waals surface area contributed by atoms with Crippen molar-refractivity contribution >= 4 is 17.1 Å². The molecule has 3 aromatic rings. The molecule has 0 bridgehead atoms. The van der Waals surface area contributed by atoms with Crippen LogP contribution in [0.5, 0.6) is 0 Å². The van der Waals surface area contributed by atoms with Crippen molar-refractivity contribution in [1.29, 1.82) is 0 Å². The van der Waals surface area contributed by atoms with Gasteiger partial charge < -0.3 is 20.9 Å². The summed E-state index contributed by atoms with van der Waals surface area (Å²) in [4.78, 5) is 11.0. The smallest absolute Gasteiger partial charge is 0.101 e. The number of rotatable bonds is 9. The Morgan fingerprint density at radius 3 is 2.47 bits per heavy atom. The van der Waals surface area contributed by atoms with Gasteiger partial charge in [-0.2, -0.15) is 0 Å². The van der Waals surface area contributed by atoms with Gasteiger partial charge in [-0.1, -0.05) is 19.2 Å². The lowest BCUT2D eigenvalue weighted by Crippen LogP contribution is -2.44. The van der Waals surface area contributed by atoms with Gasteiger partial charge >= 0.3 is 0 Å². The summed E-state index contributed by atoms with van der Waals surface area (Å²) < 4.78 is 0. The van der Waals surface area contributed by atoms with Gasteiger partial charge in [0.1, 0.15) is 5.54 Å². The van der Waals surface area contributed by atoms with Gasteiger partial charge in [-0.3, -0.25) is 9.97 Å². The molecule has 2 aliphatic rings. The zero-order valence-corrected chi connectivity index (χ0v) is 20.2. The summed E-state index contributed by atoms with van der Waals surface area (Å²) in [7, 11) is 4.11. The number of aromatic nitrogens is 2. The van der Waals surface area contributed by atoms with Gasteiger partial charge in [0, 0.05) is 47.1 Å². The van der Waals surface area contributed by atoms with Gasteiger partial charge in [-0.05, 0) is 75.2 Å². The van der Waals surface area contributed by atoms with E-state index in [-0.39, 0.29) is 5.54 Å². The molecule has 1 atom stereocenters. The van der Waals surface area contributed by atoms with E-state index in [9.17, 15) is 0 Å². The molecule has 1 saturated carbocycles. The minimum atomic E-state index is -0.382. The van der Waals surface area contributed by atoms with Crippen molar-refractivity contribution in [2.24, 2.45) is 5.92 Å². The Balaban J connectivity index is 1.34. The first kappa shape index (κ1) is 22.2. The van der Waals surface area contributed by atoms with Crippen molar-refractivity contribution in [1.82, 2.24) is 14.9 Å². The minimum absolute atomic E-state index is 0.382. The van der Waals surface area contributed by atoms with Crippen LogP contribution in [-0.4, -0.2) is 29.0 Å². The third kappa shape index (κ3) is 4.41. The molecule has 1 aliphatic carbocycles. The molecule has 5 rings (SSSR count). The molecule has 0 spiro atoms. The van der Waals surface area contributed by atoms with Gasteiger partial charge in [0.15, 0.2) is 0 Å². The third-order valence-corrected chi connectivity index (χ3v) is 6.58. The monoisotopic (exact) mass is 452 g/mol. The zero-order chi connectivity index (χ0) is 23.9. The van der Waals surface area contributed by atoms with Gasteiger partial charge in [-0.15, -0.1) is 0 Å². The fraction of sp³-hybridized carbons (Fsp3) is 0.286. The van der Waals surface area contributed by atoms with Crippen LogP contribution in [0, 0.1) is 5.92 Å². The summed E-state index contributed by atoms with van der Waals surface area (Å²) in [6, 6.07) is 10.8. The van der Waals surface area contributed by atoms with E-state index in [0.717, 1.165) is 51.7 Å². The molecule has 34 heavy (non-hydrogen) atoms. The molecule has 1 unspecified atom stereocenters. The van der Waals surface area contributed by atoms with E-state index in [1.165, 1.54) is 18.4 Å². The Morgan fingerprint density at radius 2 is 1.74 bits per heavy atom. The molecule has 174 valence electrons. The second-order valence-corrected chi connectivity index (χ2v) is 9.82. The van der Waals surface area contributed by atoms with E-state index in [4.69, 9.17) is 0 Å². The van der Waals surface area contributed by atoms with Crippen LogP contribution in [-0.2, 0) is 12.1 Å². The molecule has 3 heterocycles. The highest BCUT2D eigenvalue weighted by Crippen LogP contribution is 2.47. The predicted octanol–water partition coefficient (Wildman–Crippen LogP) is 5.81. The molecule has 6 heteroatoms. The maximum absolute atomic E-state index is 4.46. The van der Waals surface area contributed by atoms with Crippen molar-refractivity contribution in [3.63, 3.8) is 0 Å². The number of fused-ring (bicyclic) bond motifs is 1. The third-order valence-electron chi connectivity index (χ3n) is 6.58. The summed E-state index contributed by atoms with van der Waals surface area (Å²) in [6.07, 6.45) is 9.95. The first-order chi connectivity index (χ1) is 16.3. The van der Waals surface area contributed by atoms with Crippen LogP contribution in [0.2, 0.25) is 0 Å². The zero-order valence-electron chi connectivity index (χ0n) is 20.2. The van der Waals surface area contributed by atoms with Gasteiger partial charge in [0.05, 0.1) is 23.8 Å². The van der Waals surface area contributed by atoms with Crippen molar-refractivity contribution in [2.75, 3.05) is 30.0 Å². The van der Waals surface area contributed by atoms with Crippen LogP contribution in [0.25, 0.3) is 11.1 Å². The Labute approximate surface area is 201 Å². The molecule has 0 radical (unpaired) electrons. The fourth-order valence-corrected chi connectivity index (χ4v) is 4.45. The number of nitrogens with one attached hydrogen (secondary N) is 3. The number of allylic oxidation sites excluding steroid dienone is 1. The van der Waals surface area contributed by atoms with Crippen molar-refractivity contribution in [2.45, 2.75) is 31.8 Å². The minimum Gasteiger partial charge on any atom is -0.370 e. The largest absolute Gasteiger partial charge is 0.370 e. The van der Waals surface area contributed by atoms with E-state index < -0.39 is 0 Å². The van der Waals surface area contributed by atoms with Crippen molar-refractivity contribution < 1.29 is 0 Å². The van der Waals surface area contributed by atoms with Gasteiger partial charge in [0.25, 0.3) is 0 Å². The predicted molar refractivity (Wildman–Crippen MR) is 141 cm³/mol. The number of hydrogen-bond donors (Lipinski definition) is 3. The van der Waals surface area contributed by atoms with E-state index in [1.54, 1.807) is 0 Å². The summed E-state index contributed by atoms with van der Waals surface area (Å²) in [5.74, 6) is 0.601. The molecular weight excluding hydrogens is 420 g/mol. The fourth-order valence-electron chi connectivity index (χ4n) is 4.45. The summed E-state index contributed by atoms with van der Waals surface area (Å²) in [5.41, 5.74) is 9.19. The summed E-state index contributed by atoms with van der Waals surface area (Å²) in [6.45, 7) is 11.5. The van der Waals surface area contributed by atoms with Crippen LogP contribution in [0.1, 0.15) is 30.9 Å². The summed E-state index contributed by atoms with van der Waals surface area (Å²) in [5, 5.41) is 10.5. The SMILES string of the molecule is C=C(Nc1cncc(-c2ccc3c(c2)C(C)(C(=C)Nc2cncc(CN(C)C)c2)N3)c1)C1CC1. The topological polar surface area (TPSA) is 65.1 Å². The van der Waals surface area contributed by atoms with E-state index in [2.05, 4.69) is 95.3 Å². The van der Waals surface area contributed by atoms with Gasteiger partial charge in [0.2, 0.25) is 0 Å². The lowest BCUT2D eigenvalue weighted by Gasteiger charge is -2.45. The number of anilines is 3. The Bertz CT molecular complexity index is 1260. The molecular formula is C28H32N6. The van der Waals surface area contributed by atoms with Gasteiger partial charge in [-0.25, -0.2) is 0 Å².